The number of nitrogens with zero attached hydrogens (tertiary/aromatic N) is 2. The van der Waals surface area contributed by atoms with E-state index in [9.17, 15) is 0 Å². The molecule has 0 saturated heterocycles. The predicted octanol–water partition coefficient (Wildman–Crippen LogP) is 11.9. The van der Waals surface area contributed by atoms with Crippen LogP contribution in [0.1, 0.15) is 53.4 Å². The van der Waals surface area contributed by atoms with Crippen LogP contribution < -0.4 is 5.19 Å². The summed E-state index contributed by atoms with van der Waals surface area (Å²) in [5.41, 5.74) is 8.29. The average molecular weight is 841 g/mol. The van der Waals surface area contributed by atoms with Crippen molar-refractivity contribution in [1.29, 1.82) is 0 Å². The number of rotatable bonds is 6. The van der Waals surface area contributed by atoms with Gasteiger partial charge in [0.1, 0.15) is 0 Å². The van der Waals surface area contributed by atoms with Gasteiger partial charge >= 0.3 is 0 Å². The summed E-state index contributed by atoms with van der Waals surface area (Å²) >= 11 is 1.79. The van der Waals surface area contributed by atoms with Crippen LogP contribution in [0.4, 0.5) is 0 Å². The minimum Gasteiger partial charge on any atom is -0.305 e. The molecule has 0 aliphatic rings. The van der Waals surface area contributed by atoms with Crippen molar-refractivity contribution in [2.75, 3.05) is 0 Å². The molecule has 245 valence electrons. The van der Waals surface area contributed by atoms with E-state index < -0.39 is 19.9 Å². The Morgan fingerprint density at radius 2 is 1.48 bits per heavy atom. The summed E-state index contributed by atoms with van der Waals surface area (Å²) in [4.78, 5) is 9.21. The van der Waals surface area contributed by atoms with Gasteiger partial charge in [0.05, 0.1) is 8.07 Å². The molecule has 3 aromatic heterocycles. The van der Waals surface area contributed by atoms with Crippen molar-refractivity contribution < 1.29 is 22.8 Å². The van der Waals surface area contributed by atoms with Crippen LogP contribution in [0, 0.1) is 12.1 Å². The first-order valence-corrected chi connectivity index (χ1v) is 20.4. The third kappa shape index (κ3) is 7.77. The van der Waals surface area contributed by atoms with Gasteiger partial charge in [-0.05, 0) is 61.7 Å². The van der Waals surface area contributed by atoms with Crippen molar-refractivity contribution in [3.8, 4) is 33.6 Å². The van der Waals surface area contributed by atoms with Crippen LogP contribution in [-0.4, -0.2) is 18.0 Å². The zero-order chi connectivity index (χ0) is 35.0. The van der Waals surface area contributed by atoms with Gasteiger partial charge in [-0.2, -0.15) is 11.3 Å². The van der Waals surface area contributed by atoms with E-state index in [0.717, 1.165) is 33.6 Å². The Bertz CT molecular complexity index is 2230. The van der Waals surface area contributed by atoms with E-state index in [0.29, 0.717) is 0 Å². The summed E-state index contributed by atoms with van der Waals surface area (Å²) in [6.45, 7) is 14.6. The van der Waals surface area contributed by atoms with Gasteiger partial charge in [-0.1, -0.05) is 118 Å². The van der Waals surface area contributed by atoms with Crippen molar-refractivity contribution in [1.82, 2.24) is 9.97 Å². The number of aromatic nitrogens is 2. The molecular formula is C43H42IrN2SSi-2. The number of thiophene rings is 1. The molecule has 3 heterocycles. The Hall–Kier alpha value is -3.73. The standard InChI is InChI=1S/C26H20NS.C17H22NSi.Ir/c1-17(2)19-13-14-27-24(15-19)23-10-6-9-22-21-12-11-20(16-25(21)28-26(22)23)18-7-4-3-5-8-18;1-13(2)15-11-16(14-9-7-6-8-10-14)18-12-17(15)19(3,4)5;/h3-9,11-17H,1-2H3;6-9,11-13H,1-5H3;/q2*-1;/i17D;13D;. The third-order valence-electron chi connectivity index (χ3n) is 8.37. The Labute approximate surface area is 307 Å². The fourth-order valence-corrected chi connectivity index (χ4v) is 8.62. The second kappa shape index (κ2) is 15.2. The topological polar surface area (TPSA) is 25.8 Å². The molecule has 0 unspecified atom stereocenters. The normalized spacial score (nSPS) is 12.5. The molecule has 5 heteroatoms. The molecule has 4 aromatic carbocycles. The third-order valence-corrected chi connectivity index (χ3v) is 11.6. The van der Waals surface area contributed by atoms with Crippen LogP contribution in [0.5, 0.6) is 0 Å². The molecule has 0 aliphatic carbocycles. The fourth-order valence-electron chi connectivity index (χ4n) is 5.79. The maximum atomic E-state index is 8.44. The number of benzene rings is 4. The molecular weight excluding hydrogens is 797 g/mol. The van der Waals surface area contributed by atoms with E-state index >= 15 is 0 Å². The van der Waals surface area contributed by atoms with Crippen LogP contribution >= 0.6 is 11.3 Å². The largest absolute Gasteiger partial charge is 0.305 e. The van der Waals surface area contributed by atoms with Gasteiger partial charge in [0.15, 0.2) is 0 Å². The quantitative estimate of drug-likeness (QED) is 0.123. The Morgan fingerprint density at radius 3 is 2.17 bits per heavy atom. The van der Waals surface area contributed by atoms with E-state index in [1.807, 2.05) is 82.4 Å². The minimum absolute atomic E-state index is 0. The molecule has 0 fully saturated rings. The van der Waals surface area contributed by atoms with Crippen molar-refractivity contribution in [3.63, 3.8) is 0 Å². The fraction of sp³-hybridized carbons (Fsp3) is 0.209. The summed E-state index contributed by atoms with van der Waals surface area (Å²) in [6, 6.07) is 41.8. The first-order chi connectivity index (χ1) is 23.2. The molecule has 0 saturated carbocycles. The molecule has 0 atom stereocenters. The SMILES string of the molecule is [2H]C(C)(C)c1cc(-c2[c-]cccc2)ncc1[Si](C)(C)C.[2H]C(C)(C)c1ccnc(-c2[c-]ccc3c2sc2cc(-c4ccccc4)ccc23)c1.[Ir]. The number of fused-ring (bicyclic) bond motifs is 3. The zero-order valence-electron chi connectivity index (χ0n) is 30.6. The van der Waals surface area contributed by atoms with Gasteiger partial charge < -0.3 is 9.97 Å². The molecule has 7 rings (SSSR count). The molecule has 0 amide bonds. The molecule has 0 aliphatic heterocycles. The number of hydrogen-bond donors (Lipinski definition) is 0. The van der Waals surface area contributed by atoms with E-state index in [1.54, 1.807) is 17.5 Å². The van der Waals surface area contributed by atoms with Crippen molar-refractivity contribution in [2.24, 2.45) is 0 Å². The van der Waals surface area contributed by atoms with Crippen LogP contribution in [-0.2, 0) is 20.1 Å². The zero-order valence-corrected chi connectivity index (χ0v) is 32.8. The average Bonchev–Trinajstić information content (AvgIpc) is 3.46. The molecule has 0 bridgehead atoms. The minimum atomic E-state index is -1.50. The first-order valence-electron chi connectivity index (χ1n) is 17.1. The van der Waals surface area contributed by atoms with E-state index in [1.165, 1.54) is 36.5 Å². The molecule has 0 spiro atoms. The van der Waals surface area contributed by atoms with Crippen LogP contribution in [0.3, 0.4) is 0 Å². The Balaban J connectivity index is 0.000000204. The van der Waals surface area contributed by atoms with Gasteiger partial charge in [0.2, 0.25) is 0 Å². The summed E-state index contributed by atoms with van der Waals surface area (Å²) in [6.07, 6.45) is 3.78. The summed E-state index contributed by atoms with van der Waals surface area (Å²) in [5.74, 6) is -1.27. The van der Waals surface area contributed by atoms with Gasteiger partial charge in [-0.15, -0.1) is 59.7 Å². The molecule has 1 radical (unpaired) electrons. The van der Waals surface area contributed by atoms with Crippen LogP contribution in [0.2, 0.25) is 19.6 Å². The van der Waals surface area contributed by atoms with Crippen molar-refractivity contribution in [2.45, 2.75) is 59.1 Å². The summed E-state index contributed by atoms with van der Waals surface area (Å²) in [5, 5.41) is 3.77. The molecule has 2 nitrogen and oxygen atoms in total. The van der Waals surface area contributed by atoms with E-state index in [-0.39, 0.29) is 20.1 Å². The Morgan fingerprint density at radius 1 is 0.708 bits per heavy atom. The van der Waals surface area contributed by atoms with Crippen LogP contribution in [0.15, 0.2) is 116 Å². The van der Waals surface area contributed by atoms with Crippen molar-refractivity contribution >= 4 is 44.8 Å². The van der Waals surface area contributed by atoms with E-state index in [2.05, 4.69) is 96.3 Å². The van der Waals surface area contributed by atoms with Gasteiger partial charge in [-0.25, -0.2) is 0 Å². The smallest absolute Gasteiger partial charge is 0.0799 e. The summed E-state index contributed by atoms with van der Waals surface area (Å²) < 4.78 is 19.2. The van der Waals surface area contributed by atoms with Gasteiger partial charge in [0, 0.05) is 39.9 Å². The molecule has 0 N–H and O–H groups in total. The van der Waals surface area contributed by atoms with Gasteiger partial charge in [-0.3, -0.25) is 0 Å². The van der Waals surface area contributed by atoms with Gasteiger partial charge in [0.25, 0.3) is 0 Å². The maximum absolute atomic E-state index is 8.44. The van der Waals surface area contributed by atoms with Crippen molar-refractivity contribution in [3.05, 3.63) is 139 Å². The Kier molecular flexibility index (Phi) is 10.4. The number of hydrogen-bond acceptors (Lipinski definition) is 3. The van der Waals surface area contributed by atoms with E-state index in [4.69, 9.17) is 2.74 Å². The monoisotopic (exact) mass is 841 g/mol. The maximum Gasteiger partial charge on any atom is 0.0799 e. The molecule has 7 aromatic rings. The summed E-state index contributed by atoms with van der Waals surface area (Å²) in [7, 11) is -1.50. The van der Waals surface area contributed by atoms with Crippen LogP contribution in [0.25, 0.3) is 53.8 Å². The number of pyridine rings is 2. The predicted molar refractivity (Wildman–Crippen MR) is 207 cm³/mol. The molecule has 48 heavy (non-hydrogen) atoms. The second-order valence-corrected chi connectivity index (χ2v) is 19.4. The second-order valence-electron chi connectivity index (χ2n) is 13.3. The first kappa shape index (κ1) is 32.8.